The van der Waals surface area contributed by atoms with Crippen LogP contribution in [0.15, 0.2) is 41.5 Å². The number of nitrogens with one attached hydrogen (secondary N) is 1. The Labute approximate surface area is 140 Å². The molecule has 0 radical (unpaired) electrons. The Balaban J connectivity index is 1.72. The highest BCUT2D eigenvalue weighted by atomic mass is 16.6. The first-order valence-corrected chi connectivity index (χ1v) is 7.55. The molecule has 0 saturated heterocycles. The number of carbonyl (C=O) groups excluding carboxylic acids is 1. The number of ether oxygens (including phenoxy) is 3. The van der Waals surface area contributed by atoms with Gasteiger partial charge in [0.1, 0.15) is 13.2 Å². The molecule has 0 aromatic heterocycles. The van der Waals surface area contributed by atoms with E-state index in [2.05, 4.69) is 10.5 Å². The molecule has 6 heteroatoms. The number of amides is 1. The lowest BCUT2D eigenvalue weighted by atomic mass is 10.1. The topological polar surface area (TPSA) is 69.2 Å². The Morgan fingerprint density at radius 1 is 1.21 bits per heavy atom. The van der Waals surface area contributed by atoms with Crippen LogP contribution in [0.5, 0.6) is 17.2 Å². The molecular formula is C18H18N2O4. The van der Waals surface area contributed by atoms with Crippen LogP contribution in [-0.2, 0) is 0 Å². The summed E-state index contributed by atoms with van der Waals surface area (Å²) in [5.41, 5.74) is 4.89. The van der Waals surface area contributed by atoms with Crippen LogP contribution in [0.25, 0.3) is 0 Å². The Hall–Kier alpha value is -3.02. The fourth-order valence-corrected chi connectivity index (χ4v) is 2.30. The predicted molar refractivity (Wildman–Crippen MR) is 90.2 cm³/mol. The number of hydrazone groups is 1. The molecule has 0 unspecified atom stereocenters. The van der Waals surface area contributed by atoms with E-state index in [1.54, 1.807) is 31.4 Å². The van der Waals surface area contributed by atoms with E-state index in [-0.39, 0.29) is 5.91 Å². The second-order valence-corrected chi connectivity index (χ2v) is 5.31. The lowest BCUT2D eigenvalue weighted by molar-refractivity contribution is 0.0955. The number of methoxy groups -OCH3 is 1. The fraction of sp³-hybridized carbons (Fsp3) is 0.222. The molecule has 1 amide bonds. The molecule has 0 spiro atoms. The summed E-state index contributed by atoms with van der Waals surface area (Å²) in [5.74, 6) is 1.49. The van der Waals surface area contributed by atoms with Crippen LogP contribution in [0.2, 0.25) is 0 Å². The van der Waals surface area contributed by atoms with Crippen LogP contribution < -0.4 is 19.6 Å². The van der Waals surface area contributed by atoms with Crippen molar-refractivity contribution >= 4 is 12.1 Å². The molecule has 2 aromatic carbocycles. The number of benzene rings is 2. The molecule has 2 aromatic rings. The van der Waals surface area contributed by atoms with Crippen molar-refractivity contribution in [2.24, 2.45) is 5.10 Å². The van der Waals surface area contributed by atoms with Crippen LogP contribution in [0.4, 0.5) is 0 Å². The third-order valence-electron chi connectivity index (χ3n) is 3.54. The first-order valence-electron chi connectivity index (χ1n) is 7.55. The van der Waals surface area contributed by atoms with Gasteiger partial charge < -0.3 is 14.2 Å². The van der Waals surface area contributed by atoms with Gasteiger partial charge in [-0.05, 0) is 31.2 Å². The number of hydrogen-bond donors (Lipinski definition) is 1. The van der Waals surface area contributed by atoms with Crippen LogP contribution in [0.1, 0.15) is 21.5 Å². The van der Waals surface area contributed by atoms with Crippen molar-refractivity contribution in [3.05, 3.63) is 53.1 Å². The predicted octanol–water partition coefficient (Wildman–Crippen LogP) is 2.54. The Morgan fingerprint density at radius 3 is 2.71 bits per heavy atom. The van der Waals surface area contributed by atoms with Crippen LogP contribution in [-0.4, -0.2) is 32.4 Å². The molecule has 6 nitrogen and oxygen atoms in total. The van der Waals surface area contributed by atoms with E-state index in [0.717, 1.165) is 11.1 Å². The van der Waals surface area contributed by atoms with Gasteiger partial charge in [0.25, 0.3) is 5.91 Å². The van der Waals surface area contributed by atoms with Crippen molar-refractivity contribution in [3.8, 4) is 17.2 Å². The summed E-state index contributed by atoms with van der Waals surface area (Å²) in [6.45, 7) is 2.94. The maximum absolute atomic E-state index is 12.0. The molecular weight excluding hydrogens is 308 g/mol. The number of aryl methyl sites for hydroxylation is 1. The first-order chi connectivity index (χ1) is 11.7. The number of nitrogens with zero attached hydrogens (tertiary/aromatic N) is 1. The highest BCUT2D eigenvalue weighted by Crippen LogP contribution is 2.39. The molecule has 0 bridgehead atoms. The highest BCUT2D eigenvalue weighted by molar-refractivity contribution is 5.95. The zero-order valence-corrected chi connectivity index (χ0v) is 13.5. The largest absolute Gasteiger partial charge is 0.493 e. The van der Waals surface area contributed by atoms with E-state index in [4.69, 9.17) is 14.2 Å². The number of rotatable bonds is 4. The van der Waals surface area contributed by atoms with Crippen molar-refractivity contribution in [3.63, 3.8) is 0 Å². The summed E-state index contributed by atoms with van der Waals surface area (Å²) in [6, 6.07) is 10.8. The van der Waals surface area contributed by atoms with Gasteiger partial charge >= 0.3 is 0 Å². The van der Waals surface area contributed by atoms with Gasteiger partial charge in [0.2, 0.25) is 5.75 Å². The van der Waals surface area contributed by atoms with Gasteiger partial charge in [-0.1, -0.05) is 17.7 Å². The Kier molecular flexibility index (Phi) is 4.65. The van der Waals surface area contributed by atoms with E-state index in [1.165, 1.54) is 6.21 Å². The first kappa shape index (κ1) is 15.9. The second-order valence-electron chi connectivity index (χ2n) is 5.31. The molecule has 1 N–H and O–H groups in total. The summed E-state index contributed by atoms with van der Waals surface area (Å²) in [7, 11) is 1.56. The Morgan fingerprint density at radius 2 is 1.96 bits per heavy atom. The molecule has 1 aliphatic rings. The Bertz CT molecular complexity index is 752. The average molecular weight is 326 g/mol. The minimum atomic E-state index is -0.268. The SMILES string of the molecule is COc1cc(/C=N\NC(=O)c2ccc(C)cc2)cc2c1OCCO2. The molecule has 0 atom stereocenters. The minimum absolute atomic E-state index is 0.268. The number of carbonyl (C=O) groups is 1. The normalized spacial score (nSPS) is 12.9. The van der Waals surface area contributed by atoms with E-state index in [9.17, 15) is 4.79 Å². The standard InChI is InChI=1S/C18H18N2O4/c1-12-3-5-14(6-4-12)18(21)20-19-11-13-9-15(22-2)17-16(10-13)23-7-8-24-17/h3-6,9-11H,7-8H2,1-2H3,(H,20,21)/b19-11-. The van der Waals surface area contributed by atoms with Crippen LogP contribution in [0.3, 0.4) is 0 Å². The summed E-state index contributed by atoms with van der Waals surface area (Å²) < 4.78 is 16.4. The summed E-state index contributed by atoms with van der Waals surface area (Å²) >= 11 is 0. The maximum atomic E-state index is 12.0. The molecule has 0 saturated carbocycles. The molecule has 1 heterocycles. The van der Waals surface area contributed by atoms with Gasteiger partial charge in [-0.3, -0.25) is 4.79 Å². The smallest absolute Gasteiger partial charge is 0.271 e. The summed E-state index contributed by atoms with van der Waals surface area (Å²) in [6.07, 6.45) is 1.53. The van der Waals surface area contributed by atoms with E-state index in [1.807, 2.05) is 19.1 Å². The summed E-state index contributed by atoms with van der Waals surface area (Å²) in [5, 5.41) is 3.99. The van der Waals surface area contributed by atoms with Gasteiger partial charge in [0.15, 0.2) is 11.5 Å². The molecule has 1 aliphatic heterocycles. The van der Waals surface area contributed by atoms with Gasteiger partial charge in [-0.25, -0.2) is 5.43 Å². The molecule has 0 fully saturated rings. The lowest BCUT2D eigenvalue weighted by Gasteiger charge is -2.20. The monoisotopic (exact) mass is 326 g/mol. The third kappa shape index (κ3) is 3.48. The summed E-state index contributed by atoms with van der Waals surface area (Å²) in [4.78, 5) is 12.0. The quantitative estimate of drug-likeness (QED) is 0.692. The van der Waals surface area contributed by atoms with Crippen molar-refractivity contribution in [2.75, 3.05) is 20.3 Å². The number of hydrogen-bond acceptors (Lipinski definition) is 5. The maximum Gasteiger partial charge on any atom is 0.271 e. The zero-order chi connectivity index (χ0) is 16.9. The highest BCUT2D eigenvalue weighted by Gasteiger charge is 2.17. The zero-order valence-electron chi connectivity index (χ0n) is 13.5. The van der Waals surface area contributed by atoms with Crippen LogP contribution >= 0.6 is 0 Å². The fourth-order valence-electron chi connectivity index (χ4n) is 2.30. The number of fused-ring (bicyclic) bond motifs is 1. The van der Waals surface area contributed by atoms with E-state index < -0.39 is 0 Å². The molecule has 124 valence electrons. The minimum Gasteiger partial charge on any atom is -0.493 e. The van der Waals surface area contributed by atoms with Crippen molar-refractivity contribution in [1.82, 2.24) is 5.43 Å². The van der Waals surface area contributed by atoms with Gasteiger partial charge in [-0.2, -0.15) is 5.10 Å². The average Bonchev–Trinajstić information content (AvgIpc) is 2.61. The van der Waals surface area contributed by atoms with Gasteiger partial charge in [0.05, 0.1) is 13.3 Å². The van der Waals surface area contributed by atoms with Gasteiger partial charge in [0, 0.05) is 11.1 Å². The van der Waals surface area contributed by atoms with Crippen molar-refractivity contribution in [2.45, 2.75) is 6.92 Å². The van der Waals surface area contributed by atoms with Crippen molar-refractivity contribution in [1.29, 1.82) is 0 Å². The van der Waals surface area contributed by atoms with Crippen LogP contribution in [0, 0.1) is 6.92 Å². The van der Waals surface area contributed by atoms with Gasteiger partial charge in [-0.15, -0.1) is 0 Å². The lowest BCUT2D eigenvalue weighted by Crippen LogP contribution is -2.18. The molecule has 0 aliphatic carbocycles. The van der Waals surface area contributed by atoms with E-state index in [0.29, 0.717) is 36.0 Å². The third-order valence-corrected chi connectivity index (χ3v) is 3.54. The van der Waals surface area contributed by atoms with Crippen molar-refractivity contribution < 1.29 is 19.0 Å². The molecule has 3 rings (SSSR count). The van der Waals surface area contributed by atoms with E-state index >= 15 is 0 Å². The second kappa shape index (κ2) is 7.04. The molecule has 24 heavy (non-hydrogen) atoms.